The molecule has 0 aliphatic rings. The maximum atomic E-state index is 12.5. The number of benzene rings is 2. The number of amides is 1. The largest absolute Gasteiger partial charge is 0.493 e. The molecule has 1 unspecified atom stereocenters. The van der Waals surface area contributed by atoms with Gasteiger partial charge in [-0.05, 0) is 54.0 Å². The lowest BCUT2D eigenvalue weighted by Crippen LogP contribution is -2.26. The number of pyridine rings is 1. The number of methoxy groups -OCH3 is 1. The molecule has 4 rings (SSSR count). The lowest BCUT2D eigenvalue weighted by atomic mass is 10.1. The molecule has 2 heterocycles. The first-order chi connectivity index (χ1) is 17.1. The van der Waals surface area contributed by atoms with Crippen LogP contribution in [-0.2, 0) is 17.9 Å². The van der Waals surface area contributed by atoms with E-state index in [1.54, 1.807) is 19.5 Å². The molecule has 0 saturated heterocycles. The summed E-state index contributed by atoms with van der Waals surface area (Å²) in [6.07, 6.45) is 4.42. The van der Waals surface area contributed by atoms with Gasteiger partial charge in [-0.15, -0.1) is 10.2 Å². The molecule has 0 spiro atoms. The molecule has 9 nitrogen and oxygen atoms in total. The second-order valence-corrected chi connectivity index (χ2v) is 8.02. The molecule has 1 amide bonds. The number of tetrazole rings is 1. The van der Waals surface area contributed by atoms with E-state index in [0.29, 0.717) is 43.3 Å². The minimum Gasteiger partial charge on any atom is -0.493 e. The Morgan fingerprint density at radius 2 is 1.86 bits per heavy atom. The molecular formula is C26H28N6O3. The summed E-state index contributed by atoms with van der Waals surface area (Å²) in [4.78, 5) is 18.0. The average molecular weight is 473 g/mol. The Hall–Kier alpha value is -4.27. The Labute approximate surface area is 204 Å². The zero-order valence-corrected chi connectivity index (χ0v) is 19.8. The van der Waals surface area contributed by atoms with Crippen LogP contribution in [0, 0.1) is 0 Å². The summed E-state index contributed by atoms with van der Waals surface area (Å²) in [5.41, 5.74) is 2.86. The van der Waals surface area contributed by atoms with Crippen molar-refractivity contribution >= 4 is 5.91 Å². The van der Waals surface area contributed by atoms with Crippen molar-refractivity contribution in [1.29, 1.82) is 0 Å². The van der Waals surface area contributed by atoms with Crippen LogP contribution in [-0.4, -0.2) is 38.2 Å². The van der Waals surface area contributed by atoms with Crippen molar-refractivity contribution in [3.63, 3.8) is 0 Å². The van der Waals surface area contributed by atoms with E-state index in [1.165, 1.54) is 4.80 Å². The van der Waals surface area contributed by atoms with Gasteiger partial charge in [-0.25, -0.2) is 0 Å². The maximum absolute atomic E-state index is 12.5. The van der Waals surface area contributed by atoms with Crippen LogP contribution in [0.3, 0.4) is 0 Å². The first kappa shape index (κ1) is 23.9. The van der Waals surface area contributed by atoms with Gasteiger partial charge in [0.1, 0.15) is 6.61 Å². The normalized spacial score (nSPS) is 11.6. The number of hydrogen-bond acceptors (Lipinski definition) is 7. The first-order valence-corrected chi connectivity index (χ1v) is 11.4. The van der Waals surface area contributed by atoms with E-state index in [9.17, 15) is 4.79 Å². The molecule has 4 aromatic rings. The lowest BCUT2D eigenvalue weighted by Gasteiger charge is -2.17. The van der Waals surface area contributed by atoms with Crippen molar-refractivity contribution in [2.24, 2.45) is 0 Å². The van der Waals surface area contributed by atoms with Gasteiger partial charge in [0, 0.05) is 24.4 Å². The Kier molecular flexibility index (Phi) is 8.00. The number of aromatic nitrogens is 5. The van der Waals surface area contributed by atoms with Crippen LogP contribution in [0.2, 0.25) is 0 Å². The van der Waals surface area contributed by atoms with Crippen LogP contribution in [0.1, 0.15) is 36.9 Å². The van der Waals surface area contributed by atoms with Gasteiger partial charge in [-0.1, -0.05) is 36.4 Å². The van der Waals surface area contributed by atoms with Crippen molar-refractivity contribution in [2.45, 2.75) is 39.0 Å². The van der Waals surface area contributed by atoms with Gasteiger partial charge in [0.15, 0.2) is 11.5 Å². The van der Waals surface area contributed by atoms with Crippen LogP contribution < -0.4 is 14.8 Å². The van der Waals surface area contributed by atoms with Gasteiger partial charge in [-0.2, -0.15) is 4.80 Å². The Bertz CT molecular complexity index is 1230. The number of nitrogens with zero attached hydrogens (tertiary/aromatic N) is 5. The third-order valence-corrected chi connectivity index (χ3v) is 5.46. The van der Waals surface area contributed by atoms with Gasteiger partial charge in [0.25, 0.3) is 0 Å². The molecule has 1 atom stereocenters. The van der Waals surface area contributed by atoms with Crippen LogP contribution in [0.25, 0.3) is 11.4 Å². The topological polar surface area (TPSA) is 104 Å². The summed E-state index contributed by atoms with van der Waals surface area (Å²) >= 11 is 0. The molecular weight excluding hydrogens is 444 g/mol. The number of hydrogen-bond donors (Lipinski definition) is 1. The van der Waals surface area contributed by atoms with Crippen LogP contribution in [0.5, 0.6) is 11.5 Å². The summed E-state index contributed by atoms with van der Waals surface area (Å²) < 4.78 is 11.4. The van der Waals surface area contributed by atoms with Gasteiger partial charge in [-0.3, -0.25) is 9.78 Å². The molecule has 0 saturated carbocycles. The molecule has 0 fully saturated rings. The van der Waals surface area contributed by atoms with E-state index in [4.69, 9.17) is 9.47 Å². The van der Waals surface area contributed by atoms with E-state index in [-0.39, 0.29) is 11.9 Å². The molecule has 0 radical (unpaired) electrons. The van der Waals surface area contributed by atoms with E-state index in [0.717, 1.165) is 16.7 Å². The summed E-state index contributed by atoms with van der Waals surface area (Å²) in [5, 5.41) is 15.6. The van der Waals surface area contributed by atoms with Gasteiger partial charge < -0.3 is 14.8 Å². The molecule has 0 aliphatic heterocycles. The SMILES string of the molecule is COc1cc(C(C)NC(=O)CCCn2nnc(-c3ccccc3)n2)ccc1OCc1ccncc1. The van der Waals surface area contributed by atoms with Gasteiger partial charge >= 0.3 is 0 Å². The number of nitrogens with one attached hydrogen (secondary N) is 1. The number of aryl methyl sites for hydroxylation is 1. The molecule has 2 aromatic carbocycles. The van der Waals surface area contributed by atoms with Crippen LogP contribution >= 0.6 is 0 Å². The Morgan fingerprint density at radius 1 is 1.06 bits per heavy atom. The molecule has 0 aliphatic carbocycles. The smallest absolute Gasteiger partial charge is 0.220 e. The molecule has 9 heteroatoms. The lowest BCUT2D eigenvalue weighted by molar-refractivity contribution is -0.121. The predicted molar refractivity (Wildman–Crippen MR) is 131 cm³/mol. The van der Waals surface area contributed by atoms with Crippen molar-refractivity contribution in [1.82, 2.24) is 30.5 Å². The van der Waals surface area contributed by atoms with Crippen molar-refractivity contribution < 1.29 is 14.3 Å². The fraction of sp³-hybridized carbons (Fsp3) is 0.269. The van der Waals surface area contributed by atoms with Crippen LogP contribution in [0.4, 0.5) is 0 Å². The van der Waals surface area contributed by atoms with Crippen molar-refractivity contribution in [3.05, 3.63) is 84.2 Å². The second-order valence-electron chi connectivity index (χ2n) is 8.02. The van der Waals surface area contributed by atoms with Crippen LogP contribution in [0.15, 0.2) is 73.1 Å². The van der Waals surface area contributed by atoms with Gasteiger partial charge in [0.2, 0.25) is 11.7 Å². The van der Waals surface area contributed by atoms with E-state index < -0.39 is 0 Å². The summed E-state index contributed by atoms with van der Waals surface area (Å²) in [7, 11) is 1.60. The summed E-state index contributed by atoms with van der Waals surface area (Å²) in [6.45, 7) is 2.87. The highest BCUT2D eigenvalue weighted by atomic mass is 16.5. The van der Waals surface area contributed by atoms with Crippen molar-refractivity contribution in [3.8, 4) is 22.9 Å². The second kappa shape index (κ2) is 11.7. The van der Waals surface area contributed by atoms with E-state index in [1.807, 2.05) is 67.6 Å². The number of ether oxygens (including phenoxy) is 2. The highest BCUT2D eigenvalue weighted by Crippen LogP contribution is 2.31. The summed E-state index contributed by atoms with van der Waals surface area (Å²) in [6, 6.07) is 19.0. The minimum atomic E-state index is -0.181. The van der Waals surface area contributed by atoms with E-state index in [2.05, 4.69) is 25.7 Å². The maximum Gasteiger partial charge on any atom is 0.220 e. The van der Waals surface area contributed by atoms with E-state index >= 15 is 0 Å². The number of rotatable bonds is 11. The number of carbonyl (C=O) groups is 1. The van der Waals surface area contributed by atoms with Gasteiger partial charge in [0.05, 0.1) is 19.7 Å². The van der Waals surface area contributed by atoms with Crippen molar-refractivity contribution in [2.75, 3.05) is 7.11 Å². The summed E-state index contributed by atoms with van der Waals surface area (Å²) in [5.74, 6) is 1.79. The Morgan fingerprint density at radius 3 is 2.63 bits per heavy atom. The molecule has 0 bridgehead atoms. The zero-order valence-electron chi connectivity index (χ0n) is 19.8. The first-order valence-electron chi connectivity index (χ1n) is 11.4. The molecule has 2 aromatic heterocycles. The molecule has 1 N–H and O–H groups in total. The third-order valence-electron chi connectivity index (χ3n) is 5.46. The minimum absolute atomic E-state index is 0.0436. The predicted octanol–water partition coefficient (Wildman–Crippen LogP) is 3.98. The highest BCUT2D eigenvalue weighted by Gasteiger charge is 2.14. The quantitative estimate of drug-likeness (QED) is 0.352. The zero-order chi connectivity index (χ0) is 24.5. The monoisotopic (exact) mass is 472 g/mol. The third kappa shape index (κ3) is 6.63. The average Bonchev–Trinajstić information content (AvgIpc) is 3.37. The highest BCUT2D eigenvalue weighted by molar-refractivity contribution is 5.76. The number of carbonyl (C=O) groups excluding carboxylic acids is 1. The fourth-order valence-corrected chi connectivity index (χ4v) is 3.53. The molecule has 180 valence electrons. The Balaban J connectivity index is 1.26. The fourth-order valence-electron chi connectivity index (χ4n) is 3.53. The standard InChI is InChI=1S/C26H28N6O3/c1-19(22-10-11-23(24(17-22)34-2)35-18-20-12-14-27-15-13-20)28-25(33)9-6-16-32-30-26(29-31-32)21-7-4-3-5-8-21/h3-5,7-8,10-15,17,19H,6,9,16,18H2,1-2H3,(H,28,33). The molecule has 35 heavy (non-hydrogen) atoms.